The monoisotopic (exact) mass is 535 g/mol. The van der Waals surface area contributed by atoms with Crippen molar-refractivity contribution >= 4 is 23.6 Å². The molecule has 2 atom stereocenters. The van der Waals surface area contributed by atoms with Crippen LogP contribution in [-0.4, -0.2) is 41.6 Å². The number of hydrogen-bond donors (Lipinski definition) is 2. The number of rotatable bonds is 11. The van der Waals surface area contributed by atoms with Gasteiger partial charge in [-0.25, -0.2) is 4.79 Å². The van der Waals surface area contributed by atoms with Crippen molar-refractivity contribution in [2.24, 2.45) is 29.1 Å². The third-order valence-corrected chi connectivity index (χ3v) is 10.2. The number of amides is 1. The van der Waals surface area contributed by atoms with Gasteiger partial charge in [-0.3, -0.25) is 4.79 Å². The minimum absolute atomic E-state index is 0.370. The van der Waals surface area contributed by atoms with Gasteiger partial charge in [-0.15, -0.1) is 0 Å². The van der Waals surface area contributed by atoms with Crippen LogP contribution >= 0.6 is 11.8 Å². The molecule has 1 unspecified atom stereocenters. The zero-order valence-electron chi connectivity index (χ0n) is 22.9. The van der Waals surface area contributed by atoms with Crippen LogP contribution in [0, 0.1) is 36.0 Å². The molecule has 6 rings (SSSR count). The molecule has 0 aromatic heterocycles. The highest BCUT2D eigenvalue weighted by Crippen LogP contribution is 2.62. The molecule has 0 radical (unpaired) electrons. The van der Waals surface area contributed by atoms with Crippen LogP contribution in [0.4, 0.5) is 0 Å². The largest absolute Gasteiger partial charge is 0.493 e. The number of benzene rings is 2. The number of ether oxygens (including phenoxy) is 1. The molecule has 2 N–H and O–H groups in total. The zero-order valence-corrected chi connectivity index (χ0v) is 23.7. The second-order valence-electron chi connectivity index (χ2n) is 12.2. The topological polar surface area (TPSA) is 75.6 Å². The lowest BCUT2D eigenvalue weighted by atomic mass is 9.47. The minimum Gasteiger partial charge on any atom is -0.493 e. The maximum atomic E-state index is 13.3. The summed E-state index contributed by atoms with van der Waals surface area (Å²) in [5, 5.41) is 12.4. The molecule has 0 spiro atoms. The SMILES string of the molecule is CSCC[C@H](NC(=O)c1ccc(OCC(C)C23CC4CC(CC(C4)C2)C3)cc1-c1ccccc1C)C(=O)O. The first kappa shape index (κ1) is 27.1. The van der Waals surface area contributed by atoms with Crippen LogP contribution in [0.3, 0.4) is 0 Å². The van der Waals surface area contributed by atoms with Crippen molar-refractivity contribution in [2.75, 3.05) is 18.6 Å². The first-order chi connectivity index (χ1) is 18.3. The van der Waals surface area contributed by atoms with Gasteiger partial charge in [-0.2, -0.15) is 11.8 Å². The average molecular weight is 536 g/mol. The maximum absolute atomic E-state index is 13.3. The standard InChI is InChI=1S/C32H41NO4S/c1-20-6-4-5-7-26(20)28-15-25(8-9-27(28)30(34)33-29(31(35)36)10-11-38-3)37-19-21(2)32-16-22-12-23(17-32)14-24(13-22)18-32/h4-9,15,21-24,29H,10-14,16-19H2,1-3H3,(H,33,34)(H,35,36)/t21?,22?,23?,24?,29-,32?/m0/s1. The van der Waals surface area contributed by atoms with Crippen LogP contribution < -0.4 is 10.1 Å². The lowest BCUT2D eigenvalue weighted by Crippen LogP contribution is -2.50. The molecule has 204 valence electrons. The van der Waals surface area contributed by atoms with Gasteiger partial charge in [0.25, 0.3) is 5.91 Å². The van der Waals surface area contributed by atoms with Crippen molar-refractivity contribution in [3.63, 3.8) is 0 Å². The molecular weight excluding hydrogens is 494 g/mol. The van der Waals surface area contributed by atoms with Gasteiger partial charge in [0.15, 0.2) is 0 Å². The summed E-state index contributed by atoms with van der Waals surface area (Å²) in [6, 6.07) is 12.7. The van der Waals surface area contributed by atoms with Crippen molar-refractivity contribution in [2.45, 2.75) is 64.8 Å². The van der Waals surface area contributed by atoms with Crippen LogP contribution in [0.25, 0.3) is 11.1 Å². The molecule has 0 heterocycles. The van der Waals surface area contributed by atoms with Gasteiger partial charge < -0.3 is 15.2 Å². The molecule has 4 aliphatic rings. The first-order valence-corrected chi connectivity index (χ1v) is 15.5. The quantitative estimate of drug-likeness (QED) is 0.330. The van der Waals surface area contributed by atoms with Crippen LogP contribution in [0.15, 0.2) is 42.5 Å². The Bertz CT molecular complexity index is 1140. The van der Waals surface area contributed by atoms with Crippen molar-refractivity contribution in [3.8, 4) is 16.9 Å². The van der Waals surface area contributed by atoms with E-state index in [1.54, 1.807) is 17.8 Å². The van der Waals surface area contributed by atoms with Gasteiger partial charge in [0.05, 0.1) is 6.61 Å². The molecule has 2 aromatic carbocycles. The molecule has 38 heavy (non-hydrogen) atoms. The van der Waals surface area contributed by atoms with Gasteiger partial charge in [0.2, 0.25) is 0 Å². The second kappa shape index (κ2) is 11.3. The fourth-order valence-corrected chi connectivity index (χ4v) is 8.29. The van der Waals surface area contributed by atoms with Crippen LogP contribution in [-0.2, 0) is 4.79 Å². The number of aryl methyl sites for hydroxylation is 1. The normalized spacial score (nSPS) is 27.1. The van der Waals surface area contributed by atoms with E-state index in [9.17, 15) is 14.7 Å². The average Bonchev–Trinajstić information content (AvgIpc) is 2.88. The molecule has 5 nitrogen and oxygen atoms in total. The Morgan fingerprint density at radius 3 is 2.32 bits per heavy atom. The van der Waals surface area contributed by atoms with Crippen LogP contribution in [0.5, 0.6) is 5.75 Å². The van der Waals surface area contributed by atoms with E-state index in [4.69, 9.17) is 4.74 Å². The summed E-state index contributed by atoms with van der Waals surface area (Å²) >= 11 is 1.57. The van der Waals surface area contributed by atoms with E-state index in [0.29, 0.717) is 35.7 Å². The third-order valence-electron chi connectivity index (χ3n) is 9.52. The summed E-state index contributed by atoms with van der Waals surface area (Å²) < 4.78 is 6.44. The third kappa shape index (κ3) is 5.61. The van der Waals surface area contributed by atoms with Crippen molar-refractivity contribution in [1.82, 2.24) is 5.32 Å². The molecule has 0 saturated heterocycles. The first-order valence-electron chi connectivity index (χ1n) is 14.1. The predicted octanol–water partition coefficient (Wildman–Crippen LogP) is 6.83. The lowest BCUT2D eigenvalue weighted by Gasteiger charge is -2.59. The summed E-state index contributed by atoms with van der Waals surface area (Å²) in [6.45, 7) is 5.08. The fraction of sp³-hybridized carbons (Fsp3) is 0.562. The number of hydrogen-bond acceptors (Lipinski definition) is 4. The number of carbonyl (C=O) groups is 2. The number of carboxylic acids is 1. The van der Waals surface area contributed by atoms with E-state index < -0.39 is 12.0 Å². The molecule has 4 aliphatic carbocycles. The summed E-state index contributed by atoms with van der Waals surface area (Å²) in [6.07, 6.45) is 10.7. The van der Waals surface area contributed by atoms with Crippen molar-refractivity contribution in [3.05, 3.63) is 53.6 Å². The molecular formula is C32H41NO4S. The Morgan fingerprint density at radius 2 is 1.71 bits per heavy atom. The van der Waals surface area contributed by atoms with Crippen LogP contribution in [0.1, 0.15) is 67.8 Å². The Balaban J connectivity index is 1.36. The molecule has 2 aromatic rings. The van der Waals surface area contributed by atoms with E-state index in [1.165, 1.54) is 38.5 Å². The lowest BCUT2D eigenvalue weighted by molar-refractivity contribution is -0.139. The highest BCUT2D eigenvalue weighted by Gasteiger charge is 2.53. The minimum atomic E-state index is -1.01. The van der Waals surface area contributed by atoms with Gasteiger partial charge in [0.1, 0.15) is 11.8 Å². The van der Waals surface area contributed by atoms with E-state index in [2.05, 4.69) is 12.2 Å². The van der Waals surface area contributed by atoms with E-state index in [-0.39, 0.29) is 5.91 Å². The Morgan fingerprint density at radius 1 is 1.05 bits per heavy atom. The van der Waals surface area contributed by atoms with E-state index in [1.807, 2.05) is 49.6 Å². The van der Waals surface area contributed by atoms with Gasteiger partial charge >= 0.3 is 5.97 Å². The molecule has 1 amide bonds. The summed E-state index contributed by atoms with van der Waals surface area (Å²) in [7, 11) is 0. The number of aliphatic carboxylic acids is 1. The van der Waals surface area contributed by atoms with Gasteiger partial charge in [0, 0.05) is 5.56 Å². The summed E-state index contributed by atoms with van der Waals surface area (Å²) in [4.78, 5) is 25.1. The Kier molecular flexibility index (Phi) is 8.08. The zero-order chi connectivity index (χ0) is 26.9. The number of nitrogens with one attached hydrogen (secondary N) is 1. The highest BCUT2D eigenvalue weighted by molar-refractivity contribution is 7.98. The Hall–Kier alpha value is -2.47. The van der Waals surface area contributed by atoms with Crippen molar-refractivity contribution < 1.29 is 19.4 Å². The second-order valence-corrected chi connectivity index (χ2v) is 13.1. The highest BCUT2D eigenvalue weighted by atomic mass is 32.2. The smallest absolute Gasteiger partial charge is 0.326 e. The van der Waals surface area contributed by atoms with Gasteiger partial charge in [-0.05, 0) is 128 Å². The molecule has 6 heteroatoms. The van der Waals surface area contributed by atoms with Crippen molar-refractivity contribution in [1.29, 1.82) is 0 Å². The predicted molar refractivity (Wildman–Crippen MR) is 154 cm³/mol. The summed E-state index contributed by atoms with van der Waals surface area (Å²) in [5.41, 5.74) is 3.67. The Labute approximate surface area is 231 Å². The maximum Gasteiger partial charge on any atom is 0.326 e. The number of carboxylic acid groups (broad SMARTS) is 1. The molecule has 4 bridgehead atoms. The number of thioether (sulfide) groups is 1. The molecule has 0 aliphatic heterocycles. The van der Waals surface area contributed by atoms with E-state index >= 15 is 0 Å². The molecule has 4 fully saturated rings. The van der Waals surface area contributed by atoms with Crippen LogP contribution in [0.2, 0.25) is 0 Å². The number of carbonyl (C=O) groups excluding carboxylic acids is 1. The molecule has 4 saturated carbocycles. The fourth-order valence-electron chi connectivity index (χ4n) is 7.82. The van der Waals surface area contributed by atoms with Gasteiger partial charge in [-0.1, -0.05) is 31.2 Å². The summed E-state index contributed by atoms with van der Waals surface area (Å²) in [5.74, 6) is 3.28. The van der Waals surface area contributed by atoms with E-state index in [0.717, 1.165) is 40.2 Å².